The summed E-state index contributed by atoms with van der Waals surface area (Å²) in [7, 11) is 1.71. The van der Waals surface area contributed by atoms with Gasteiger partial charge in [-0.05, 0) is 38.3 Å². The van der Waals surface area contributed by atoms with Gasteiger partial charge in [-0.1, -0.05) is 6.07 Å². The minimum atomic E-state index is 0. The number of nitrogens with zero attached hydrogens (tertiary/aromatic N) is 5. The predicted molar refractivity (Wildman–Crippen MR) is 116 cm³/mol. The Morgan fingerprint density at radius 3 is 2.93 bits per heavy atom. The van der Waals surface area contributed by atoms with Gasteiger partial charge in [0.25, 0.3) is 0 Å². The summed E-state index contributed by atoms with van der Waals surface area (Å²) in [6.07, 6.45) is 5.84. The van der Waals surface area contributed by atoms with Gasteiger partial charge in [-0.2, -0.15) is 0 Å². The molecule has 0 radical (unpaired) electrons. The second-order valence-corrected chi connectivity index (χ2v) is 6.58. The maximum absolute atomic E-state index is 12.4. The molecule has 1 saturated heterocycles. The van der Waals surface area contributed by atoms with Crippen LogP contribution < -0.4 is 10.6 Å². The number of aromatic nitrogens is 3. The van der Waals surface area contributed by atoms with E-state index in [1.54, 1.807) is 7.05 Å². The minimum Gasteiger partial charge on any atom is -0.356 e. The van der Waals surface area contributed by atoms with Crippen molar-refractivity contribution in [3.63, 3.8) is 0 Å². The molecule has 1 amide bonds. The molecule has 0 saturated carbocycles. The molecule has 1 atom stereocenters. The topological polar surface area (TPSA) is 86.9 Å². The molecule has 2 N–H and O–H groups in total. The summed E-state index contributed by atoms with van der Waals surface area (Å²) in [5.74, 6) is 1.67. The molecular weight excluding hydrogens is 457 g/mol. The lowest BCUT2D eigenvalue weighted by molar-refractivity contribution is -0.134. The summed E-state index contributed by atoms with van der Waals surface area (Å²) in [6, 6.07) is 6.15. The highest BCUT2D eigenvalue weighted by atomic mass is 127. The zero-order chi connectivity index (χ0) is 18.4. The van der Waals surface area contributed by atoms with Crippen LogP contribution in [0.5, 0.6) is 0 Å². The number of pyridine rings is 1. The number of hydrogen-bond donors (Lipinski definition) is 2. The van der Waals surface area contributed by atoms with Crippen molar-refractivity contribution in [3.05, 3.63) is 30.2 Å². The Hall–Kier alpha value is -1.91. The first-order valence-corrected chi connectivity index (χ1v) is 9.21. The van der Waals surface area contributed by atoms with Crippen LogP contribution in [0.3, 0.4) is 0 Å². The number of hydrogen-bond acceptors (Lipinski definition) is 4. The van der Waals surface area contributed by atoms with Crippen molar-refractivity contribution in [2.24, 2.45) is 4.99 Å². The van der Waals surface area contributed by atoms with E-state index in [4.69, 9.17) is 0 Å². The zero-order valence-corrected chi connectivity index (χ0v) is 18.2. The van der Waals surface area contributed by atoms with Crippen LogP contribution in [0.1, 0.15) is 38.4 Å². The van der Waals surface area contributed by atoms with Gasteiger partial charge in [-0.3, -0.25) is 14.2 Å². The molecule has 2 aromatic heterocycles. The van der Waals surface area contributed by atoms with Crippen LogP contribution in [0.2, 0.25) is 0 Å². The van der Waals surface area contributed by atoms with Crippen LogP contribution in [0.25, 0.3) is 5.65 Å². The molecule has 9 heteroatoms. The summed E-state index contributed by atoms with van der Waals surface area (Å²) < 4.78 is 1.93. The number of fused-ring (bicyclic) bond motifs is 1. The van der Waals surface area contributed by atoms with E-state index >= 15 is 0 Å². The number of carbonyl (C=O) groups is 1. The maximum Gasteiger partial charge on any atom is 0.224 e. The third-order valence-corrected chi connectivity index (χ3v) is 4.78. The number of aliphatic imine (C=N–C) groups is 1. The van der Waals surface area contributed by atoms with E-state index in [1.165, 1.54) is 6.42 Å². The lowest BCUT2D eigenvalue weighted by Crippen LogP contribution is -2.44. The van der Waals surface area contributed by atoms with Gasteiger partial charge in [-0.15, -0.1) is 34.2 Å². The fraction of sp³-hybridized carbons (Fsp3) is 0.556. The Kier molecular flexibility index (Phi) is 8.26. The first-order valence-electron chi connectivity index (χ1n) is 9.21. The van der Waals surface area contributed by atoms with Gasteiger partial charge in [0.05, 0.1) is 6.54 Å². The smallest absolute Gasteiger partial charge is 0.224 e. The van der Waals surface area contributed by atoms with E-state index in [2.05, 4.69) is 32.7 Å². The van der Waals surface area contributed by atoms with Crippen molar-refractivity contribution in [3.8, 4) is 0 Å². The Bertz CT molecular complexity index is 776. The SMILES string of the molecule is CN=C(NCCC(=O)N1CCCCC1C)NCc1nnc2ccccn12.I. The van der Waals surface area contributed by atoms with Gasteiger partial charge in [0, 0.05) is 38.8 Å². The summed E-state index contributed by atoms with van der Waals surface area (Å²) in [5.41, 5.74) is 0.813. The van der Waals surface area contributed by atoms with E-state index in [9.17, 15) is 4.79 Å². The van der Waals surface area contributed by atoms with E-state index in [0.29, 0.717) is 31.5 Å². The Morgan fingerprint density at radius 2 is 2.15 bits per heavy atom. The summed E-state index contributed by atoms with van der Waals surface area (Å²) in [4.78, 5) is 18.6. The van der Waals surface area contributed by atoms with Crippen molar-refractivity contribution in [2.45, 2.75) is 45.2 Å². The van der Waals surface area contributed by atoms with Crippen LogP contribution in [-0.4, -0.2) is 57.5 Å². The van der Waals surface area contributed by atoms with Gasteiger partial charge in [-0.25, -0.2) is 0 Å². The molecule has 8 nitrogen and oxygen atoms in total. The van der Waals surface area contributed by atoms with Gasteiger partial charge < -0.3 is 15.5 Å². The quantitative estimate of drug-likeness (QED) is 0.383. The number of carbonyl (C=O) groups excluding carboxylic acids is 1. The predicted octanol–water partition coefficient (Wildman–Crippen LogP) is 1.80. The monoisotopic (exact) mass is 485 g/mol. The molecule has 3 heterocycles. The number of piperidine rings is 1. The number of guanidine groups is 1. The molecule has 1 unspecified atom stereocenters. The molecule has 1 aliphatic heterocycles. The fourth-order valence-electron chi connectivity index (χ4n) is 3.29. The molecule has 0 aromatic carbocycles. The molecule has 0 spiro atoms. The van der Waals surface area contributed by atoms with Crippen LogP contribution in [0, 0.1) is 0 Å². The minimum absolute atomic E-state index is 0. The highest BCUT2D eigenvalue weighted by Crippen LogP contribution is 2.16. The van der Waals surface area contributed by atoms with E-state index in [0.717, 1.165) is 30.9 Å². The maximum atomic E-state index is 12.4. The second-order valence-electron chi connectivity index (χ2n) is 6.58. The number of rotatable bonds is 5. The third-order valence-electron chi connectivity index (χ3n) is 4.78. The average Bonchev–Trinajstić information content (AvgIpc) is 3.08. The van der Waals surface area contributed by atoms with Crippen molar-refractivity contribution >= 4 is 41.5 Å². The third kappa shape index (κ3) is 5.53. The van der Waals surface area contributed by atoms with Crippen molar-refractivity contribution in [2.75, 3.05) is 20.1 Å². The second kappa shape index (κ2) is 10.4. The number of nitrogens with one attached hydrogen (secondary N) is 2. The highest BCUT2D eigenvalue weighted by molar-refractivity contribution is 14.0. The number of amides is 1. The van der Waals surface area contributed by atoms with E-state index in [-0.39, 0.29) is 29.9 Å². The Labute approximate surface area is 176 Å². The Morgan fingerprint density at radius 1 is 1.30 bits per heavy atom. The normalized spacial score (nSPS) is 17.5. The summed E-state index contributed by atoms with van der Waals surface area (Å²) in [6.45, 7) is 4.07. The Balaban J connectivity index is 0.00000261. The molecule has 27 heavy (non-hydrogen) atoms. The van der Waals surface area contributed by atoms with Crippen LogP contribution in [-0.2, 0) is 11.3 Å². The van der Waals surface area contributed by atoms with Crippen molar-refractivity contribution < 1.29 is 4.79 Å². The fourth-order valence-corrected chi connectivity index (χ4v) is 3.29. The van der Waals surface area contributed by atoms with E-state index < -0.39 is 0 Å². The van der Waals surface area contributed by atoms with Crippen LogP contribution >= 0.6 is 24.0 Å². The first-order chi connectivity index (χ1) is 12.7. The van der Waals surface area contributed by atoms with Gasteiger partial charge in [0.1, 0.15) is 0 Å². The van der Waals surface area contributed by atoms with Gasteiger partial charge in [0.2, 0.25) is 5.91 Å². The van der Waals surface area contributed by atoms with Crippen LogP contribution in [0.15, 0.2) is 29.4 Å². The van der Waals surface area contributed by atoms with E-state index in [1.807, 2.05) is 33.7 Å². The molecule has 1 aliphatic rings. The van der Waals surface area contributed by atoms with Crippen LogP contribution in [0.4, 0.5) is 0 Å². The summed E-state index contributed by atoms with van der Waals surface area (Å²) in [5, 5.41) is 14.7. The first kappa shape index (κ1) is 21.4. The van der Waals surface area contributed by atoms with Gasteiger partial charge in [0.15, 0.2) is 17.4 Å². The van der Waals surface area contributed by atoms with Gasteiger partial charge >= 0.3 is 0 Å². The molecule has 0 aliphatic carbocycles. The van der Waals surface area contributed by atoms with Crippen molar-refractivity contribution in [1.82, 2.24) is 30.1 Å². The lowest BCUT2D eigenvalue weighted by atomic mass is 10.0. The molecule has 3 rings (SSSR count). The van der Waals surface area contributed by atoms with Crippen molar-refractivity contribution in [1.29, 1.82) is 0 Å². The molecular formula is C18H28IN7O. The standard InChI is InChI=1S/C18H27N7O.HI/c1-14-7-3-5-11-24(14)17(26)9-10-20-18(19-2)21-13-16-23-22-15-8-4-6-12-25(15)16;/h4,6,8,12,14H,3,5,7,9-11,13H2,1-2H3,(H2,19,20,21);1H. The molecule has 0 bridgehead atoms. The largest absolute Gasteiger partial charge is 0.356 e. The molecule has 1 fully saturated rings. The number of likely N-dealkylation sites (tertiary alicyclic amines) is 1. The highest BCUT2D eigenvalue weighted by Gasteiger charge is 2.22. The molecule has 2 aromatic rings. The summed E-state index contributed by atoms with van der Waals surface area (Å²) >= 11 is 0. The lowest BCUT2D eigenvalue weighted by Gasteiger charge is -2.33. The molecule has 148 valence electrons. The number of halogens is 1. The average molecular weight is 485 g/mol. The zero-order valence-electron chi connectivity index (χ0n) is 15.9.